The van der Waals surface area contributed by atoms with Crippen LogP contribution in [0.15, 0.2) is 154 Å². The van der Waals surface area contributed by atoms with Crippen LogP contribution in [0, 0.1) is 0 Å². The first-order valence-electron chi connectivity index (χ1n) is 14.3. The molecule has 0 aliphatic rings. The van der Waals surface area contributed by atoms with E-state index in [1.54, 1.807) is 0 Å². The van der Waals surface area contributed by atoms with Crippen LogP contribution in [-0.4, -0.2) is 0 Å². The summed E-state index contributed by atoms with van der Waals surface area (Å²) < 4.78 is 13.3. The van der Waals surface area contributed by atoms with Crippen molar-refractivity contribution in [3.05, 3.63) is 146 Å². The molecule has 0 saturated carbocycles. The summed E-state index contributed by atoms with van der Waals surface area (Å²) in [5.41, 5.74) is 10.3. The highest BCUT2D eigenvalue weighted by Crippen LogP contribution is 2.45. The molecule has 0 radical (unpaired) electrons. The fraction of sp³-hybridized carbons (Fsp3) is 0. The van der Waals surface area contributed by atoms with Crippen molar-refractivity contribution < 1.29 is 8.83 Å². The van der Waals surface area contributed by atoms with Crippen molar-refractivity contribution >= 4 is 54.6 Å². The normalized spacial score (nSPS) is 11.8. The van der Waals surface area contributed by atoms with Gasteiger partial charge in [-0.15, -0.1) is 0 Å². The Morgan fingerprint density at radius 1 is 0.333 bits per heavy atom. The van der Waals surface area contributed by atoms with Crippen LogP contribution in [0.2, 0.25) is 0 Å². The molecule has 0 bridgehead atoms. The van der Waals surface area contributed by atoms with Crippen LogP contribution in [0.3, 0.4) is 0 Å². The summed E-state index contributed by atoms with van der Waals surface area (Å²) in [6, 6.07) is 51.3. The van der Waals surface area contributed by atoms with Gasteiger partial charge in [0.25, 0.3) is 0 Å². The minimum Gasteiger partial charge on any atom is -0.455 e. The van der Waals surface area contributed by atoms with Crippen molar-refractivity contribution in [1.82, 2.24) is 0 Å². The van der Waals surface area contributed by atoms with Gasteiger partial charge >= 0.3 is 0 Å². The lowest BCUT2D eigenvalue weighted by molar-refractivity contribution is 0.663. The van der Waals surface area contributed by atoms with E-state index in [1.807, 2.05) is 6.07 Å². The molecule has 2 heteroatoms. The first kappa shape index (κ1) is 23.1. The number of benzene rings is 7. The van der Waals surface area contributed by atoms with Crippen LogP contribution in [-0.2, 0) is 0 Å². The predicted octanol–water partition coefficient (Wildman–Crippen LogP) is 11.6. The Kier molecular flexibility index (Phi) is 4.93. The Morgan fingerprint density at radius 2 is 0.905 bits per heavy atom. The van der Waals surface area contributed by atoms with Crippen molar-refractivity contribution in [2.45, 2.75) is 0 Å². The molecule has 9 rings (SSSR count). The van der Waals surface area contributed by atoms with E-state index in [0.717, 1.165) is 60.6 Å². The number of rotatable bonds is 3. The maximum atomic E-state index is 6.68. The highest BCUT2D eigenvalue weighted by Gasteiger charge is 2.21. The van der Waals surface area contributed by atoms with Crippen LogP contribution < -0.4 is 0 Å². The number of hydrogen-bond donors (Lipinski definition) is 0. The van der Waals surface area contributed by atoms with Gasteiger partial charge in [0.05, 0.1) is 5.39 Å². The molecule has 0 amide bonds. The minimum absolute atomic E-state index is 0.848. The lowest BCUT2D eigenvalue weighted by Crippen LogP contribution is -1.82. The lowest BCUT2D eigenvalue weighted by atomic mass is 9.95. The first-order chi connectivity index (χ1) is 20.8. The Balaban J connectivity index is 1.40. The standard InChI is InChI=1S/C40H24O2/c1-3-9-25(10-4-1)29-17-19-36-33(22-29)34-24-32(31-16-15-27-13-7-8-14-28(27)21-31)39-38(40(34)41-36)35-23-30(18-20-37(35)42-39)26-11-5-2-6-12-26/h1-24H. The number of fused-ring (bicyclic) bond motifs is 8. The summed E-state index contributed by atoms with van der Waals surface area (Å²) in [6.07, 6.45) is 0. The molecular formula is C40H24O2. The van der Waals surface area contributed by atoms with Gasteiger partial charge in [-0.25, -0.2) is 0 Å². The third kappa shape index (κ3) is 3.52. The zero-order valence-corrected chi connectivity index (χ0v) is 22.7. The highest BCUT2D eigenvalue weighted by atomic mass is 16.3. The van der Waals surface area contributed by atoms with E-state index in [9.17, 15) is 0 Å². The number of furan rings is 2. The van der Waals surface area contributed by atoms with Crippen molar-refractivity contribution in [3.63, 3.8) is 0 Å². The second-order valence-electron chi connectivity index (χ2n) is 10.9. The van der Waals surface area contributed by atoms with E-state index >= 15 is 0 Å². The molecule has 2 aromatic heterocycles. The zero-order chi connectivity index (χ0) is 27.6. The van der Waals surface area contributed by atoms with E-state index < -0.39 is 0 Å². The SMILES string of the molecule is c1ccc(-c2ccc3oc4c(cc(-c5ccc6ccccc6c5)c5oc6ccc(-c7ccccc7)cc6c54)c3c2)cc1. The molecule has 7 aromatic carbocycles. The van der Waals surface area contributed by atoms with Crippen LogP contribution in [0.1, 0.15) is 0 Å². The predicted molar refractivity (Wildman–Crippen MR) is 175 cm³/mol. The van der Waals surface area contributed by atoms with Gasteiger partial charge in [-0.05, 0) is 75.0 Å². The van der Waals surface area contributed by atoms with Crippen LogP contribution in [0.25, 0.3) is 88.0 Å². The van der Waals surface area contributed by atoms with Crippen molar-refractivity contribution in [1.29, 1.82) is 0 Å². The van der Waals surface area contributed by atoms with Gasteiger partial charge in [0.15, 0.2) is 0 Å². The summed E-state index contributed by atoms with van der Waals surface area (Å²) >= 11 is 0. The second kappa shape index (κ2) is 8.95. The van der Waals surface area contributed by atoms with Crippen molar-refractivity contribution in [3.8, 4) is 33.4 Å². The maximum absolute atomic E-state index is 6.68. The van der Waals surface area contributed by atoms with Crippen molar-refractivity contribution in [2.24, 2.45) is 0 Å². The second-order valence-corrected chi connectivity index (χ2v) is 10.9. The van der Waals surface area contributed by atoms with Crippen molar-refractivity contribution in [2.75, 3.05) is 0 Å². The van der Waals surface area contributed by atoms with E-state index in [2.05, 4.69) is 140 Å². The molecule has 0 atom stereocenters. The summed E-state index contributed by atoms with van der Waals surface area (Å²) in [6.45, 7) is 0. The number of hydrogen-bond acceptors (Lipinski definition) is 2. The molecule has 2 heterocycles. The van der Waals surface area contributed by atoms with Crippen LogP contribution in [0.4, 0.5) is 0 Å². The van der Waals surface area contributed by atoms with E-state index in [1.165, 1.54) is 27.5 Å². The fourth-order valence-corrected chi connectivity index (χ4v) is 6.36. The molecule has 0 N–H and O–H groups in total. The Bertz CT molecular complexity index is 2440. The topological polar surface area (TPSA) is 26.3 Å². The van der Waals surface area contributed by atoms with E-state index in [0.29, 0.717) is 0 Å². The Hall–Kier alpha value is -5.60. The molecule has 0 aliphatic heterocycles. The van der Waals surface area contributed by atoms with Gasteiger partial charge in [-0.2, -0.15) is 0 Å². The highest BCUT2D eigenvalue weighted by molar-refractivity contribution is 6.26. The molecular weight excluding hydrogens is 512 g/mol. The molecule has 196 valence electrons. The van der Waals surface area contributed by atoms with Gasteiger partial charge < -0.3 is 8.83 Å². The van der Waals surface area contributed by atoms with Gasteiger partial charge in [-0.3, -0.25) is 0 Å². The van der Waals surface area contributed by atoms with Crippen LogP contribution >= 0.6 is 0 Å². The minimum atomic E-state index is 0.848. The molecule has 0 fully saturated rings. The van der Waals surface area contributed by atoms with Gasteiger partial charge in [0.2, 0.25) is 0 Å². The monoisotopic (exact) mass is 536 g/mol. The summed E-state index contributed by atoms with van der Waals surface area (Å²) in [4.78, 5) is 0. The molecule has 9 aromatic rings. The zero-order valence-electron chi connectivity index (χ0n) is 22.7. The lowest BCUT2D eigenvalue weighted by Gasteiger charge is -2.06. The smallest absolute Gasteiger partial charge is 0.147 e. The Labute approximate surface area is 242 Å². The van der Waals surface area contributed by atoms with Crippen LogP contribution in [0.5, 0.6) is 0 Å². The molecule has 0 aliphatic carbocycles. The Morgan fingerprint density at radius 3 is 1.62 bits per heavy atom. The average Bonchev–Trinajstić information content (AvgIpc) is 3.62. The van der Waals surface area contributed by atoms with E-state index in [-0.39, 0.29) is 0 Å². The third-order valence-corrected chi connectivity index (χ3v) is 8.45. The van der Waals surface area contributed by atoms with Gasteiger partial charge in [0, 0.05) is 21.7 Å². The quantitative estimate of drug-likeness (QED) is 0.224. The molecule has 0 spiro atoms. The largest absolute Gasteiger partial charge is 0.455 e. The summed E-state index contributed by atoms with van der Waals surface area (Å²) in [7, 11) is 0. The summed E-state index contributed by atoms with van der Waals surface area (Å²) in [5.74, 6) is 0. The van der Waals surface area contributed by atoms with Gasteiger partial charge in [0.1, 0.15) is 22.3 Å². The molecule has 0 unspecified atom stereocenters. The fourth-order valence-electron chi connectivity index (χ4n) is 6.36. The maximum Gasteiger partial charge on any atom is 0.147 e. The molecule has 0 saturated heterocycles. The molecule has 42 heavy (non-hydrogen) atoms. The molecule has 2 nitrogen and oxygen atoms in total. The summed E-state index contributed by atoms with van der Waals surface area (Å²) in [5, 5.41) is 6.68. The first-order valence-corrected chi connectivity index (χ1v) is 14.3. The average molecular weight is 537 g/mol. The van der Waals surface area contributed by atoms with E-state index in [4.69, 9.17) is 8.83 Å². The third-order valence-electron chi connectivity index (χ3n) is 8.45. The van der Waals surface area contributed by atoms with Gasteiger partial charge in [-0.1, -0.05) is 109 Å².